The number of ether oxygens (including phenoxy) is 6. The summed E-state index contributed by atoms with van der Waals surface area (Å²) in [7, 11) is 1.66. The van der Waals surface area contributed by atoms with Crippen LogP contribution in [0.15, 0.2) is 97.6 Å². The molecule has 0 spiro atoms. The van der Waals surface area contributed by atoms with Crippen molar-refractivity contribution in [2.45, 2.75) is 70.7 Å². The summed E-state index contributed by atoms with van der Waals surface area (Å²) in [5, 5.41) is 0. The highest BCUT2D eigenvalue weighted by molar-refractivity contribution is 5.68. The molecule has 1 amide bonds. The Hall–Kier alpha value is -4.51. The molecule has 5 rings (SSSR count). The number of amides is 1. The first-order valence-corrected chi connectivity index (χ1v) is 16.7. The average molecular weight is 670 g/mol. The van der Waals surface area contributed by atoms with Gasteiger partial charge < -0.3 is 33.3 Å². The van der Waals surface area contributed by atoms with Gasteiger partial charge in [0.25, 0.3) is 0 Å². The molecule has 10 heteroatoms. The van der Waals surface area contributed by atoms with Gasteiger partial charge in [-0.15, -0.1) is 0 Å². The second-order valence-electron chi connectivity index (χ2n) is 13.0. The number of pyridine rings is 2. The molecule has 3 atom stereocenters. The van der Waals surface area contributed by atoms with Gasteiger partial charge in [0, 0.05) is 42.7 Å². The van der Waals surface area contributed by atoms with Gasteiger partial charge in [0.15, 0.2) is 0 Å². The fraction of sp³-hybridized carbons (Fsp3) is 0.410. The molecule has 1 unspecified atom stereocenters. The lowest BCUT2D eigenvalue weighted by atomic mass is 9.84. The number of para-hydroxylation sites is 1. The molecule has 260 valence electrons. The average Bonchev–Trinajstić information content (AvgIpc) is 3.11. The third-order valence-corrected chi connectivity index (χ3v) is 8.04. The van der Waals surface area contributed by atoms with E-state index in [1.165, 1.54) is 0 Å². The normalized spacial score (nSPS) is 17.8. The number of nitrogens with zero attached hydrogens (tertiary/aromatic N) is 3. The largest absolute Gasteiger partial charge is 0.496 e. The molecular weight excluding hydrogens is 622 g/mol. The standard InChI is InChI=1S/C39H47N3O7/c1-39(2,3)49-38(43)42-24-35(47-26-29-10-7-18-40-22-29)37(36(25-42)48-27-30-11-8-19-41-23-30)31-14-16-33(17-15-31)46-21-9-20-45-28-32-12-5-6-13-34(32)44-4/h5-8,10-19,22-23,35-37H,9,20-21,24-28H2,1-4H3/t35-,36+,37?. The Morgan fingerprint density at radius 1 is 0.796 bits per heavy atom. The monoisotopic (exact) mass is 669 g/mol. The SMILES string of the molecule is COc1ccccc1COCCCOc1ccc(C2[C@@H](OCc3cccnc3)CN(C(=O)OC(C)(C)C)C[C@H]2OCc2cccnc2)cc1. The third kappa shape index (κ3) is 11.0. The lowest BCUT2D eigenvalue weighted by Crippen LogP contribution is -2.55. The Morgan fingerprint density at radius 2 is 1.43 bits per heavy atom. The molecule has 3 heterocycles. The second kappa shape index (κ2) is 17.8. The molecule has 0 N–H and O–H groups in total. The summed E-state index contributed by atoms with van der Waals surface area (Å²) < 4.78 is 36.2. The summed E-state index contributed by atoms with van der Waals surface area (Å²) in [5.74, 6) is 1.41. The highest BCUT2D eigenvalue weighted by atomic mass is 16.6. The van der Waals surface area contributed by atoms with Crippen molar-refractivity contribution in [3.05, 3.63) is 120 Å². The molecule has 0 radical (unpaired) electrons. The van der Waals surface area contributed by atoms with Crippen molar-refractivity contribution in [3.8, 4) is 11.5 Å². The number of carbonyl (C=O) groups excluding carboxylic acids is 1. The van der Waals surface area contributed by atoms with Gasteiger partial charge in [-0.05, 0) is 67.8 Å². The number of rotatable bonds is 15. The lowest BCUT2D eigenvalue weighted by molar-refractivity contribution is -0.100. The van der Waals surface area contributed by atoms with Crippen LogP contribution in [0.4, 0.5) is 4.79 Å². The topological polar surface area (TPSA) is 101 Å². The van der Waals surface area contributed by atoms with E-state index in [2.05, 4.69) is 22.1 Å². The van der Waals surface area contributed by atoms with Crippen molar-refractivity contribution >= 4 is 6.09 Å². The Morgan fingerprint density at radius 3 is 2.00 bits per heavy atom. The Kier molecular flexibility index (Phi) is 13.0. The maximum absolute atomic E-state index is 13.3. The molecule has 2 aromatic carbocycles. The van der Waals surface area contributed by atoms with E-state index in [1.54, 1.807) is 36.8 Å². The van der Waals surface area contributed by atoms with Crippen molar-refractivity contribution in [2.24, 2.45) is 0 Å². The van der Waals surface area contributed by atoms with Gasteiger partial charge in [-0.2, -0.15) is 0 Å². The zero-order valence-corrected chi connectivity index (χ0v) is 28.8. The molecule has 0 aliphatic carbocycles. The van der Waals surface area contributed by atoms with Crippen LogP contribution in [-0.4, -0.2) is 72.2 Å². The quantitative estimate of drug-likeness (QED) is 0.124. The van der Waals surface area contributed by atoms with Crippen LogP contribution in [0.5, 0.6) is 11.5 Å². The van der Waals surface area contributed by atoms with Crippen molar-refractivity contribution in [1.29, 1.82) is 0 Å². The summed E-state index contributed by atoms with van der Waals surface area (Å²) in [6.45, 7) is 8.54. The van der Waals surface area contributed by atoms with Crippen LogP contribution in [0.3, 0.4) is 0 Å². The number of hydrogen-bond donors (Lipinski definition) is 0. The molecule has 1 saturated heterocycles. The van der Waals surface area contributed by atoms with E-state index in [1.807, 2.05) is 81.4 Å². The second-order valence-corrected chi connectivity index (χ2v) is 13.0. The van der Waals surface area contributed by atoms with Gasteiger partial charge >= 0.3 is 6.09 Å². The van der Waals surface area contributed by atoms with E-state index < -0.39 is 11.7 Å². The van der Waals surface area contributed by atoms with Crippen LogP contribution in [0.25, 0.3) is 0 Å². The van der Waals surface area contributed by atoms with Crippen LogP contribution in [0, 0.1) is 0 Å². The van der Waals surface area contributed by atoms with Crippen molar-refractivity contribution < 1.29 is 33.2 Å². The van der Waals surface area contributed by atoms with E-state index in [-0.39, 0.29) is 18.1 Å². The van der Waals surface area contributed by atoms with E-state index in [0.717, 1.165) is 40.2 Å². The number of piperidine rings is 1. The predicted octanol–water partition coefficient (Wildman–Crippen LogP) is 6.98. The highest BCUT2D eigenvalue weighted by Gasteiger charge is 2.42. The van der Waals surface area contributed by atoms with E-state index in [9.17, 15) is 4.79 Å². The summed E-state index contributed by atoms with van der Waals surface area (Å²) in [4.78, 5) is 23.5. The molecule has 1 fully saturated rings. The molecule has 4 aromatic rings. The fourth-order valence-corrected chi connectivity index (χ4v) is 5.71. The number of hydrogen-bond acceptors (Lipinski definition) is 9. The molecule has 49 heavy (non-hydrogen) atoms. The summed E-state index contributed by atoms with van der Waals surface area (Å²) in [6.07, 6.45) is 6.63. The van der Waals surface area contributed by atoms with Crippen molar-refractivity contribution in [2.75, 3.05) is 33.4 Å². The number of aromatic nitrogens is 2. The van der Waals surface area contributed by atoms with Crippen molar-refractivity contribution in [3.63, 3.8) is 0 Å². The van der Waals surface area contributed by atoms with Gasteiger partial charge in [0.1, 0.15) is 17.1 Å². The number of likely N-dealkylation sites (tertiary alicyclic amines) is 1. The molecule has 0 bridgehead atoms. The molecule has 1 aliphatic rings. The molecule has 2 aromatic heterocycles. The van der Waals surface area contributed by atoms with E-state index in [4.69, 9.17) is 28.4 Å². The van der Waals surface area contributed by atoms with Crippen LogP contribution >= 0.6 is 0 Å². The van der Waals surface area contributed by atoms with Gasteiger partial charge in [-0.25, -0.2) is 4.79 Å². The first-order valence-electron chi connectivity index (χ1n) is 16.7. The predicted molar refractivity (Wildman–Crippen MR) is 185 cm³/mol. The molecule has 1 aliphatic heterocycles. The van der Waals surface area contributed by atoms with Crippen LogP contribution < -0.4 is 9.47 Å². The minimum Gasteiger partial charge on any atom is -0.496 e. The molecular formula is C39H47N3O7. The first-order chi connectivity index (χ1) is 23.8. The Balaban J connectivity index is 1.27. The molecule has 10 nitrogen and oxygen atoms in total. The molecule has 0 saturated carbocycles. The van der Waals surface area contributed by atoms with Gasteiger partial charge in [0.05, 0.1) is 65.4 Å². The minimum atomic E-state index is -0.635. The Labute approximate surface area is 289 Å². The number of benzene rings is 2. The van der Waals surface area contributed by atoms with Gasteiger partial charge in [-0.1, -0.05) is 42.5 Å². The van der Waals surface area contributed by atoms with Gasteiger partial charge in [0.2, 0.25) is 0 Å². The summed E-state index contributed by atoms with van der Waals surface area (Å²) >= 11 is 0. The number of carbonyl (C=O) groups is 1. The van der Waals surface area contributed by atoms with Gasteiger partial charge in [-0.3, -0.25) is 9.97 Å². The van der Waals surface area contributed by atoms with E-state index >= 15 is 0 Å². The fourth-order valence-electron chi connectivity index (χ4n) is 5.71. The number of methoxy groups -OCH3 is 1. The maximum atomic E-state index is 13.3. The van der Waals surface area contributed by atoms with Crippen LogP contribution in [0.1, 0.15) is 55.4 Å². The van der Waals surface area contributed by atoms with Crippen LogP contribution in [-0.2, 0) is 38.8 Å². The smallest absolute Gasteiger partial charge is 0.410 e. The zero-order chi connectivity index (χ0) is 34.5. The zero-order valence-electron chi connectivity index (χ0n) is 28.8. The lowest BCUT2D eigenvalue weighted by Gasteiger charge is -2.43. The van der Waals surface area contributed by atoms with Crippen LogP contribution in [0.2, 0.25) is 0 Å². The third-order valence-electron chi connectivity index (χ3n) is 8.04. The van der Waals surface area contributed by atoms with Crippen molar-refractivity contribution in [1.82, 2.24) is 14.9 Å². The minimum absolute atomic E-state index is 0.176. The maximum Gasteiger partial charge on any atom is 0.410 e. The summed E-state index contributed by atoms with van der Waals surface area (Å²) in [5.41, 5.74) is 3.30. The first kappa shape index (κ1) is 35.8. The Bertz CT molecular complexity index is 1510. The van der Waals surface area contributed by atoms with E-state index in [0.29, 0.717) is 46.1 Å². The summed E-state index contributed by atoms with van der Waals surface area (Å²) in [6, 6.07) is 23.6. The highest BCUT2D eigenvalue weighted by Crippen LogP contribution is 2.35.